The van der Waals surface area contributed by atoms with Gasteiger partial charge in [-0.15, -0.1) is 0 Å². The molecule has 0 radical (unpaired) electrons. The molecule has 1 aromatic heterocycles. The minimum absolute atomic E-state index is 0.147. The summed E-state index contributed by atoms with van der Waals surface area (Å²) in [7, 11) is 0. The quantitative estimate of drug-likeness (QED) is 0.590. The average Bonchev–Trinajstić information content (AvgIpc) is 3.28. The topological polar surface area (TPSA) is 47.4 Å². The number of carbonyl (C=O) groups excluding carboxylic acids is 1. The smallest absolute Gasteiger partial charge is 0.223 e. The van der Waals surface area contributed by atoms with Gasteiger partial charge in [0.1, 0.15) is 18.2 Å². The van der Waals surface area contributed by atoms with Crippen LogP contribution in [0.4, 0.5) is 0 Å². The van der Waals surface area contributed by atoms with Crippen LogP contribution < -0.4 is 4.74 Å². The zero-order chi connectivity index (χ0) is 19.3. The van der Waals surface area contributed by atoms with Crippen molar-refractivity contribution >= 4 is 16.9 Å². The Bertz CT molecular complexity index is 935. The molecule has 1 amide bonds. The lowest BCUT2D eigenvalue weighted by molar-refractivity contribution is -0.127. The molecule has 0 N–H and O–H groups in total. The third-order valence-electron chi connectivity index (χ3n) is 5.37. The number of rotatable bonds is 8. The third kappa shape index (κ3) is 3.88. The van der Waals surface area contributed by atoms with E-state index >= 15 is 0 Å². The number of aromatic nitrogens is 2. The van der Waals surface area contributed by atoms with E-state index in [1.165, 1.54) is 0 Å². The molecule has 1 saturated heterocycles. The van der Waals surface area contributed by atoms with E-state index in [0.29, 0.717) is 19.6 Å². The van der Waals surface area contributed by atoms with Crippen LogP contribution in [0.25, 0.3) is 11.0 Å². The summed E-state index contributed by atoms with van der Waals surface area (Å²) < 4.78 is 8.15. The molecule has 0 aliphatic carbocycles. The van der Waals surface area contributed by atoms with Crippen molar-refractivity contribution in [1.29, 1.82) is 0 Å². The van der Waals surface area contributed by atoms with Crippen LogP contribution in [0.3, 0.4) is 0 Å². The van der Waals surface area contributed by atoms with E-state index < -0.39 is 0 Å². The van der Waals surface area contributed by atoms with Crippen molar-refractivity contribution in [3.8, 4) is 5.75 Å². The van der Waals surface area contributed by atoms with Gasteiger partial charge in [-0.25, -0.2) is 4.98 Å². The summed E-state index contributed by atoms with van der Waals surface area (Å²) in [6.07, 6.45) is 2.70. The number of amides is 1. The average molecular weight is 377 g/mol. The van der Waals surface area contributed by atoms with Crippen molar-refractivity contribution < 1.29 is 9.53 Å². The van der Waals surface area contributed by atoms with E-state index in [1.807, 2.05) is 53.4 Å². The Morgan fingerprint density at radius 3 is 2.68 bits per heavy atom. The third-order valence-corrected chi connectivity index (χ3v) is 5.37. The van der Waals surface area contributed by atoms with Gasteiger partial charge in [0, 0.05) is 25.4 Å². The highest BCUT2D eigenvalue weighted by molar-refractivity contribution is 5.80. The van der Waals surface area contributed by atoms with Gasteiger partial charge in [-0.1, -0.05) is 43.7 Å². The van der Waals surface area contributed by atoms with Gasteiger partial charge < -0.3 is 14.2 Å². The molecule has 1 aliphatic heterocycles. The summed E-state index contributed by atoms with van der Waals surface area (Å²) in [5.74, 6) is 2.27. The van der Waals surface area contributed by atoms with Crippen LogP contribution in [0.1, 0.15) is 37.9 Å². The lowest BCUT2D eigenvalue weighted by Crippen LogP contribution is -2.26. The maximum atomic E-state index is 12.5. The number of likely N-dealkylation sites (tertiary alicyclic amines) is 1. The van der Waals surface area contributed by atoms with Gasteiger partial charge in [0.2, 0.25) is 5.91 Å². The Kier molecular flexibility index (Phi) is 5.60. The second-order valence-corrected chi connectivity index (χ2v) is 7.37. The lowest BCUT2D eigenvalue weighted by atomic mass is 10.1. The first kappa shape index (κ1) is 18.5. The Hall–Kier alpha value is -2.82. The molecule has 1 fully saturated rings. The number of hydrogen-bond donors (Lipinski definition) is 0. The molecule has 0 bridgehead atoms. The summed E-state index contributed by atoms with van der Waals surface area (Å²) >= 11 is 0. The highest BCUT2D eigenvalue weighted by Gasteiger charge is 2.33. The summed E-state index contributed by atoms with van der Waals surface area (Å²) in [4.78, 5) is 19.3. The standard InChI is InChI=1S/C23H27N3O2/c1-2-3-13-25-17-18(16-22(25)27)23-24-20-11-7-8-12-21(20)26(23)14-15-28-19-9-5-4-6-10-19/h4-12,18H,2-3,13-17H2,1H3. The number of benzene rings is 2. The van der Waals surface area contributed by atoms with E-state index in [9.17, 15) is 4.79 Å². The molecular formula is C23H27N3O2. The van der Waals surface area contributed by atoms with Crippen molar-refractivity contribution in [2.24, 2.45) is 0 Å². The first-order chi connectivity index (χ1) is 13.8. The lowest BCUT2D eigenvalue weighted by Gasteiger charge is -2.17. The van der Waals surface area contributed by atoms with Crippen molar-refractivity contribution in [2.45, 2.75) is 38.6 Å². The van der Waals surface area contributed by atoms with Crippen molar-refractivity contribution in [1.82, 2.24) is 14.5 Å². The molecule has 146 valence electrons. The largest absolute Gasteiger partial charge is 0.492 e. The predicted molar refractivity (Wildman–Crippen MR) is 111 cm³/mol. The highest BCUT2D eigenvalue weighted by atomic mass is 16.5. The van der Waals surface area contributed by atoms with Crippen LogP contribution in [0.2, 0.25) is 0 Å². The van der Waals surface area contributed by atoms with E-state index in [0.717, 1.165) is 48.5 Å². The van der Waals surface area contributed by atoms with Gasteiger partial charge in [-0.3, -0.25) is 4.79 Å². The molecule has 2 aromatic carbocycles. The second kappa shape index (κ2) is 8.46. The van der Waals surface area contributed by atoms with Gasteiger partial charge in [0.15, 0.2) is 0 Å². The Morgan fingerprint density at radius 2 is 1.86 bits per heavy atom. The highest BCUT2D eigenvalue weighted by Crippen LogP contribution is 2.30. The second-order valence-electron chi connectivity index (χ2n) is 7.37. The first-order valence-corrected chi connectivity index (χ1v) is 10.2. The van der Waals surface area contributed by atoms with Crippen LogP contribution in [-0.2, 0) is 11.3 Å². The van der Waals surface area contributed by atoms with Gasteiger partial charge in [0.05, 0.1) is 17.6 Å². The fourth-order valence-electron chi connectivity index (χ4n) is 3.92. The summed E-state index contributed by atoms with van der Waals surface area (Å²) in [5.41, 5.74) is 2.09. The Labute approximate surface area is 165 Å². The normalized spacial score (nSPS) is 16.8. The predicted octanol–water partition coefficient (Wildman–Crippen LogP) is 4.23. The molecule has 28 heavy (non-hydrogen) atoms. The molecule has 2 heterocycles. The molecule has 5 nitrogen and oxygen atoms in total. The molecule has 3 aromatic rings. The summed E-state index contributed by atoms with van der Waals surface area (Å²) in [6.45, 7) is 5.05. The van der Waals surface area contributed by atoms with E-state index in [-0.39, 0.29) is 11.8 Å². The number of ether oxygens (including phenoxy) is 1. The SMILES string of the molecule is CCCCN1CC(c2nc3ccccc3n2CCOc2ccccc2)CC1=O. The van der Waals surface area contributed by atoms with Crippen LogP contribution in [0, 0.1) is 0 Å². The number of hydrogen-bond acceptors (Lipinski definition) is 3. The number of carbonyl (C=O) groups is 1. The first-order valence-electron chi connectivity index (χ1n) is 10.2. The molecule has 1 aliphatic rings. The van der Waals surface area contributed by atoms with Crippen LogP contribution >= 0.6 is 0 Å². The minimum atomic E-state index is 0.147. The van der Waals surface area contributed by atoms with E-state index in [2.05, 4.69) is 17.6 Å². The van der Waals surface area contributed by atoms with E-state index in [1.54, 1.807) is 0 Å². The molecule has 0 saturated carbocycles. The number of imidazole rings is 1. The molecule has 5 heteroatoms. The van der Waals surface area contributed by atoms with Crippen LogP contribution in [-0.4, -0.2) is 40.1 Å². The maximum Gasteiger partial charge on any atom is 0.223 e. The molecule has 4 rings (SSSR count). The zero-order valence-corrected chi connectivity index (χ0v) is 16.4. The Balaban J connectivity index is 1.54. The van der Waals surface area contributed by atoms with Crippen molar-refractivity contribution in [3.63, 3.8) is 0 Å². The van der Waals surface area contributed by atoms with Crippen LogP contribution in [0.15, 0.2) is 54.6 Å². The van der Waals surface area contributed by atoms with Gasteiger partial charge in [0.25, 0.3) is 0 Å². The van der Waals surface area contributed by atoms with Crippen LogP contribution in [0.5, 0.6) is 5.75 Å². The van der Waals surface area contributed by atoms with E-state index in [4.69, 9.17) is 9.72 Å². The fraction of sp³-hybridized carbons (Fsp3) is 0.391. The van der Waals surface area contributed by atoms with Crippen molar-refractivity contribution in [2.75, 3.05) is 19.7 Å². The molecule has 1 atom stereocenters. The molecule has 0 spiro atoms. The zero-order valence-electron chi connectivity index (χ0n) is 16.4. The molecule has 1 unspecified atom stereocenters. The number of fused-ring (bicyclic) bond motifs is 1. The monoisotopic (exact) mass is 377 g/mol. The molecular weight excluding hydrogens is 350 g/mol. The van der Waals surface area contributed by atoms with Crippen molar-refractivity contribution in [3.05, 3.63) is 60.4 Å². The number of para-hydroxylation sites is 3. The minimum Gasteiger partial charge on any atom is -0.492 e. The summed E-state index contributed by atoms with van der Waals surface area (Å²) in [6, 6.07) is 18.1. The maximum absolute atomic E-state index is 12.5. The van der Waals surface area contributed by atoms with Gasteiger partial charge >= 0.3 is 0 Å². The van der Waals surface area contributed by atoms with Gasteiger partial charge in [-0.2, -0.15) is 0 Å². The fourth-order valence-corrected chi connectivity index (χ4v) is 3.92. The summed E-state index contributed by atoms with van der Waals surface area (Å²) in [5, 5.41) is 0. The number of unbranched alkanes of at least 4 members (excludes halogenated alkanes) is 1. The Morgan fingerprint density at radius 1 is 1.07 bits per heavy atom. The number of nitrogens with zero attached hydrogens (tertiary/aromatic N) is 3. The van der Waals surface area contributed by atoms with Gasteiger partial charge in [-0.05, 0) is 30.7 Å².